The molecule has 0 spiro atoms. The van der Waals surface area contributed by atoms with Gasteiger partial charge in [-0.2, -0.15) is 0 Å². The van der Waals surface area contributed by atoms with E-state index in [1.165, 1.54) is 31.9 Å². The van der Waals surface area contributed by atoms with Crippen LogP contribution in [-0.4, -0.2) is 63.8 Å². The lowest BCUT2D eigenvalue weighted by atomic mass is 10.1. The number of furan rings is 1. The third-order valence-corrected chi connectivity index (χ3v) is 5.67. The van der Waals surface area contributed by atoms with Crippen molar-refractivity contribution in [3.05, 3.63) is 42.1 Å². The van der Waals surface area contributed by atoms with Gasteiger partial charge in [-0.15, -0.1) is 0 Å². The number of nitrogens with zero attached hydrogens (tertiary/aromatic N) is 4. The number of carbonyl (C=O) groups excluding carboxylic acids is 2. The van der Waals surface area contributed by atoms with Crippen molar-refractivity contribution in [2.45, 2.75) is 44.6 Å². The smallest absolute Gasteiger partial charge is 0.289 e. The van der Waals surface area contributed by atoms with Gasteiger partial charge in [-0.3, -0.25) is 9.59 Å². The highest BCUT2D eigenvalue weighted by molar-refractivity contribution is 5.94. The molecule has 0 bridgehead atoms. The molecule has 0 aromatic carbocycles. The Bertz CT molecular complexity index is 805. The van der Waals surface area contributed by atoms with Crippen molar-refractivity contribution in [2.75, 3.05) is 31.5 Å². The number of carbonyl (C=O) groups is 2. The second-order valence-electron chi connectivity index (χ2n) is 7.69. The second kappa shape index (κ2) is 9.07. The molecule has 8 heteroatoms. The molecule has 1 aliphatic heterocycles. The number of amides is 2. The summed E-state index contributed by atoms with van der Waals surface area (Å²) in [6.45, 7) is 1.92. The molecule has 0 unspecified atom stereocenters. The van der Waals surface area contributed by atoms with Gasteiger partial charge < -0.3 is 19.5 Å². The average Bonchev–Trinajstić information content (AvgIpc) is 3.19. The Morgan fingerprint density at radius 2 is 1.55 bits per heavy atom. The molecule has 29 heavy (non-hydrogen) atoms. The van der Waals surface area contributed by atoms with E-state index in [0.717, 1.165) is 12.8 Å². The van der Waals surface area contributed by atoms with Gasteiger partial charge in [0.2, 0.25) is 5.95 Å². The Morgan fingerprint density at radius 1 is 0.931 bits per heavy atom. The zero-order valence-electron chi connectivity index (χ0n) is 16.5. The van der Waals surface area contributed by atoms with Crippen LogP contribution < -0.4 is 5.32 Å². The minimum atomic E-state index is -0.139. The first-order valence-corrected chi connectivity index (χ1v) is 10.4. The average molecular weight is 397 g/mol. The summed E-state index contributed by atoms with van der Waals surface area (Å²) in [6.07, 6.45) is 12.0. The number of anilines is 1. The monoisotopic (exact) mass is 397 g/mol. The van der Waals surface area contributed by atoms with Gasteiger partial charge in [0.15, 0.2) is 5.76 Å². The maximum Gasteiger partial charge on any atom is 0.289 e. The maximum absolute atomic E-state index is 12.8. The van der Waals surface area contributed by atoms with Gasteiger partial charge in [0.05, 0.1) is 11.8 Å². The Morgan fingerprint density at radius 3 is 2.14 bits per heavy atom. The fraction of sp³-hybridized carbons (Fsp3) is 0.524. The molecule has 8 nitrogen and oxygen atoms in total. The first kappa shape index (κ1) is 19.4. The van der Waals surface area contributed by atoms with Gasteiger partial charge in [0.25, 0.3) is 11.8 Å². The van der Waals surface area contributed by atoms with Crippen molar-refractivity contribution in [2.24, 2.45) is 0 Å². The number of nitrogens with one attached hydrogen (secondary N) is 1. The van der Waals surface area contributed by atoms with Gasteiger partial charge in [0, 0.05) is 44.6 Å². The van der Waals surface area contributed by atoms with Crippen molar-refractivity contribution in [1.82, 2.24) is 19.8 Å². The van der Waals surface area contributed by atoms with Crippen molar-refractivity contribution in [1.29, 1.82) is 0 Å². The topological polar surface area (TPSA) is 91.6 Å². The summed E-state index contributed by atoms with van der Waals surface area (Å²) in [5.74, 6) is 0.674. The highest BCUT2D eigenvalue weighted by Gasteiger charge is 2.27. The van der Waals surface area contributed by atoms with E-state index >= 15 is 0 Å². The summed E-state index contributed by atoms with van der Waals surface area (Å²) in [4.78, 5) is 37.2. The van der Waals surface area contributed by atoms with E-state index in [1.54, 1.807) is 34.3 Å². The predicted molar refractivity (Wildman–Crippen MR) is 108 cm³/mol. The second-order valence-corrected chi connectivity index (χ2v) is 7.69. The Balaban J connectivity index is 1.30. The molecule has 2 fully saturated rings. The van der Waals surface area contributed by atoms with Crippen LogP contribution in [0.5, 0.6) is 0 Å². The molecule has 1 saturated carbocycles. The van der Waals surface area contributed by atoms with E-state index in [1.807, 2.05) is 0 Å². The standard InChI is InChI=1S/C21H27N5O3/c27-19(25-9-11-26(12-10-25)20(28)18-8-5-13-29-18)16-14-22-21(23-15-16)24-17-6-3-1-2-4-7-17/h5,8,13-15,17H,1-4,6-7,9-12H2,(H,22,23,24). The number of hydrogen-bond donors (Lipinski definition) is 1. The molecule has 1 saturated heterocycles. The third-order valence-electron chi connectivity index (χ3n) is 5.67. The first-order chi connectivity index (χ1) is 14.2. The zero-order valence-corrected chi connectivity index (χ0v) is 16.5. The van der Waals surface area contributed by atoms with Gasteiger partial charge in [-0.1, -0.05) is 25.7 Å². The molecule has 2 aromatic heterocycles. The minimum absolute atomic E-state index is 0.101. The quantitative estimate of drug-likeness (QED) is 0.798. The van der Waals surface area contributed by atoms with Gasteiger partial charge in [-0.05, 0) is 25.0 Å². The fourth-order valence-corrected chi connectivity index (χ4v) is 3.97. The summed E-state index contributed by atoms with van der Waals surface area (Å²) in [7, 11) is 0. The molecule has 3 heterocycles. The summed E-state index contributed by atoms with van der Waals surface area (Å²) in [5.41, 5.74) is 0.474. The lowest BCUT2D eigenvalue weighted by Crippen LogP contribution is -2.50. The molecule has 1 N–H and O–H groups in total. The molecule has 1 aliphatic carbocycles. The van der Waals surface area contributed by atoms with Crippen molar-refractivity contribution in [3.63, 3.8) is 0 Å². The molecule has 2 aromatic rings. The lowest BCUT2D eigenvalue weighted by Gasteiger charge is -2.34. The van der Waals surface area contributed by atoms with Crippen LogP contribution in [0.15, 0.2) is 35.2 Å². The summed E-state index contributed by atoms with van der Waals surface area (Å²) < 4.78 is 5.17. The third kappa shape index (κ3) is 4.75. The number of hydrogen-bond acceptors (Lipinski definition) is 6. The van der Waals surface area contributed by atoms with Crippen LogP contribution in [0.4, 0.5) is 5.95 Å². The Kier molecular flexibility index (Phi) is 6.07. The lowest BCUT2D eigenvalue weighted by molar-refractivity contribution is 0.0517. The maximum atomic E-state index is 12.8. The molecule has 4 rings (SSSR count). The summed E-state index contributed by atoms with van der Waals surface area (Å²) >= 11 is 0. The first-order valence-electron chi connectivity index (χ1n) is 10.4. The summed E-state index contributed by atoms with van der Waals surface area (Å²) in [5, 5.41) is 3.40. The fourth-order valence-electron chi connectivity index (χ4n) is 3.97. The number of aromatic nitrogens is 2. The van der Waals surface area contributed by atoms with Crippen molar-refractivity contribution >= 4 is 17.8 Å². The van der Waals surface area contributed by atoms with Crippen LogP contribution in [0.3, 0.4) is 0 Å². The van der Waals surface area contributed by atoms with Crippen LogP contribution in [0.25, 0.3) is 0 Å². The summed E-state index contributed by atoms with van der Waals surface area (Å²) in [6, 6.07) is 3.77. The van der Waals surface area contributed by atoms with E-state index in [9.17, 15) is 9.59 Å². The van der Waals surface area contributed by atoms with Gasteiger partial charge in [-0.25, -0.2) is 9.97 Å². The SMILES string of the molecule is O=C(c1cnc(NC2CCCCCC2)nc1)N1CCN(C(=O)c2ccco2)CC1. The zero-order chi connectivity index (χ0) is 20.1. The van der Waals surface area contributed by atoms with Crippen LogP contribution in [0.1, 0.15) is 59.4 Å². The predicted octanol–water partition coefficient (Wildman–Crippen LogP) is 2.80. The van der Waals surface area contributed by atoms with Crippen LogP contribution in [0, 0.1) is 0 Å². The highest BCUT2D eigenvalue weighted by atomic mass is 16.3. The number of piperazine rings is 1. The van der Waals surface area contributed by atoms with E-state index in [2.05, 4.69) is 15.3 Å². The molecule has 2 aliphatic rings. The Hall–Kier alpha value is -2.90. The highest BCUT2D eigenvalue weighted by Crippen LogP contribution is 2.20. The van der Waals surface area contributed by atoms with Crippen molar-refractivity contribution < 1.29 is 14.0 Å². The number of rotatable bonds is 4. The Labute approximate surface area is 170 Å². The van der Waals surface area contributed by atoms with Crippen molar-refractivity contribution in [3.8, 4) is 0 Å². The molecule has 154 valence electrons. The van der Waals surface area contributed by atoms with Gasteiger partial charge >= 0.3 is 0 Å². The largest absolute Gasteiger partial charge is 0.459 e. The molecule has 0 radical (unpaired) electrons. The van der Waals surface area contributed by atoms with E-state index < -0.39 is 0 Å². The minimum Gasteiger partial charge on any atom is -0.459 e. The molecule has 0 atom stereocenters. The van der Waals surface area contributed by atoms with Crippen LogP contribution in [0.2, 0.25) is 0 Å². The molecule has 2 amide bonds. The van der Waals surface area contributed by atoms with E-state index in [0.29, 0.717) is 49.5 Å². The molecular formula is C21H27N5O3. The van der Waals surface area contributed by atoms with E-state index in [4.69, 9.17) is 4.42 Å². The normalized spacial score (nSPS) is 18.3. The van der Waals surface area contributed by atoms with Crippen LogP contribution in [-0.2, 0) is 0 Å². The molecular weight excluding hydrogens is 370 g/mol. The van der Waals surface area contributed by atoms with Gasteiger partial charge in [0.1, 0.15) is 0 Å². The van der Waals surface area contributed by atoms with E-state index in [-0.39, 0.29) is 11.8 Å². The van der Waals surface area contributed by atoms with Crippen LogP contribution >= 0.6 is 0 Å².